The normalized spacial score (nSPS) is 11.3. The number of carboxylic acid groups (broad SMARTS) is 1. The Morgan fingerprint density at radius 3 is 2.46 bits per heavy atom. The summed E-state index contributed by atoms with van der Waals surface area (Å²) in [4.78, 5) is 15.5. The molecule has 0 saturated heterocycles. The van der Waals surface area contributed by atoms with Crippen molar-refractivity contribution in [3.8, 4) is 5.69 Å². The molecule has 0 saturated carbocycles. The maximum absolute atomic E-state index is 10.9. The average molecular weight is 374 g/mol. The van der Waals surface area contributed by atoms with Crippen molar-refractivity contribution in [3.05, 3.63) is 87.7 Å². The first-order valence-corrected chi connectivity index (χ1v) is 9.52. The first kappa shape index (κ1) is 19.6. The van der Waals surface area contributed by atoms with E-state index in [9.17, 15) is 4.79 Å². The zero-order chi connectivity index (χ0) is 20.3. The lowest BCUT2D eigenvalue weighted by Crippen LogP contribution is -2.05. The molecule has 144 valence electrons. The van der Waals surface area contributed by atoms with Crippen LogP contribution in [0.25, 0.3) is 5.69 Å². The van der Waals surface area contributed by atoms with Crippen molar-refractivity contribution in [2.45, 2.75) is 40.7 Å². The van der Waals surface area contributed by atoms with Crippen molar-refractivity contribution < 1.29 is 9.90 Å². The summed E-state index contributed by atoms with van der Waals surface area (Å²) in [5.41, 5.74) is 8.62. The molecule has 0 spiro atoms. The second-order valence-electron chi connectivity index (χ2n) is 7.07. The van der Waals surface area contributed by atoms with Crippen molar-refractivity contribution in [2.75, 3.05) is 0 Å². The van der Waals surface area contributed by atoms with Gasteiger partial charge in [0.25, 0.3) is 0 Å². The molecule has 1 aromatic heterocycles. The fourth-order valence-corrected chi connectivity index (χ4v) is 3.59. The highest BCUT2D eigenvalue weighted by Gasteiger charge is 2.14. The number of hydrogen-bond donors (Lipinski definition) is 1. The van der Waals surface area contributed by atoms with Crippen molar-refractivity contribution >= 4 is 12.2 Å². The van der Waals surface area contributed by atoms with Crippen molar-refractivity contribution in [1.29, 1.82) is 0 Å². The highest BCUT2D eigenvalue weighted by Crippen LogP contribution is 2.26. The van der Waals surface area contributed by atoms with Crippen LogP contribution in [-0.4, -0.2) is 21.9 Å². The summed E-state index contributed by atoms with van der Waals surface area (Å²) in [6.45, 7) is 9.11. The second-order valence-corrected chi connectivity index (χ2v) is 7.07. The zero-order valence-electron chi connectivity index (χ0n) is 16.9. The molecule has 0 radical (unpaired) electrons. The van der Waals surface area contributed by atoms with Gasteiger partial charge in [0, 0.05) is 23.2 Å². The van der Waals surface area contributed by atoms with E-state index in [0.29, 0.717) is 12.1 Å². The molecule has 3 rings (SSSR count). The minimum atomic E-state index is -0.912. The zero-order valence-corrected chi connectivity index (χ0v) is 16.9. The number of nitrogens with zero attached hydrogens (tertiary/aromatic N) is 2. The number of aliphatic imine (C=N–C) groups is 1. The lowest BCUT2D eigenvalue weighted by molar-refractivity contribution is 0.0697. The van der Waals surface area contributed by atoms with Crippen molar-refractivity contribution in [3.63, 3.8) is 0 Å². The Labute approximate surface area is 166 Å². The summed E-state index contributed by atoms with van der Waals surface area (Å²) in [5.74, 6) is -0.912. The fraction of sp³-hybridized carbons (Fsp3) is 0.250. The lowest BCUT2D eigenvalue weighted by Gasteiger charge is -2.17. The van der Waals surface area contributed by atoms with E-state index in [-0.39, 0.29) is 0 Å². The topological polar surface area (TPSA) is 54.6 Å². The molecule has 2 aromatic carbocycles. The number of para-hydroxylation sites is 1. The number of aromatic nitrogens is 1. The molecule has 0 aliphatic heterocycles. The molecule has 0 aliphatic carbocycles. The quantitative estimate of drug-likeness (QED) is 0.597. The molecule has 0 amide bonds. The van der Waals surface area contributed by atoms with Gasteiger partial charge < -0.3 is 9.67 Å². The van der Waals surface area contributed by atoms with Crippen LogP contribution in [0.15, 0.2) is 53.5 Å². The van der Waals surface area contributed by atoms with Gasteiger partial charge in [-0.2, -0.15) is 0 Å². The van der Waals surface area contributed by atoms with Crippen LogP contribution in [0.1, 0.15) is 50.9 Å². The van der Waals surface area contributed by atoms with Crippen molar-refractivity contribution in [2.24, 2.45) is 4.99 Å². The highest BCUT2D eigenvalue weighted by atomic mass is 16.4. The smallest absolute Gasteiger partial charge is 0.335 e. The van der Waals surface area contributed by atoms with Crippen LogP contribution >= 0.6 is 0 Å². The molecule has 0 unspecified atom stereocenters. The van der Waals surface area contributed by atoms with Crippen LogP contribution in [0.4, 0.5) is 0 Å². The van der Waals surface area contributed by atoms with Gasteiger partial charge in [0.15, 0.2) is 0 Å². The Kier molecular flexibility index (Phi) is 5.78. The number of carbonyl (C=O) groups is 1. The van der Waals surface area contributed by atoms with Crippen LogP contribution in [-0.2, 0) is 13.0 Å². The lowest BCUT2D eigenvalue weighted by atomic mass is 10.1. The molecule has 0 bridgehead atoms. The number of benzene rings is 2. The SMILES string of the molecule is CCc1cccc(C)c1-n1c(C)cc(C=NCc2ccc(C(=O)O)cc2)c1C. The third-order valence-electron chi connectivity index (χ3n) is 5.10. The Morgan fingerprint density at radius 1 is 1.11 bits per heavy atom. The molecular weight excluding hydrogens is 348 g/mol. The predicted molar refractivity (Wildman–Crippen MR) is 114 cm³/mol. The summed E-state index contributed by atoms with van der Waals surface area (Å²) in [5, 5.41) is 8.98. The second kappa shape index (κ2) is 8.26. The molecule has 3 aromatic rings. The third-order valence-corrected chi connectivity index (χ3v) is 5.10. The monoisotopic (exact) mass is 374 g/mol. The first-order valence-electron chi connectivity index (χ1n) is 9.52. The molecule has 1 heterocycles. The van der Waals surface area contributed by atoms with Crippen LogP contribution in [0.2, 0.25) is 0 Å². The first-order chi connectivity index (χ1) is 13.4. The molecule has 28 heavy (non-hydrogen) atoms. The molecule has 4 heteroatoms. The van der Waals surface area contributed by atoms with Crippen LogP contribution in [0.5, 0.6) is 0 Å². The largest absolute Gasteiger partial charge is 0.478 e. The molecule has 0 atom stereocenters. The predicted octanol–water partition coefficient (Wildman–Crippen LogP) is 5.28. The molecule has 1 N–H and O–H groups in total. The van der Waals surface area contributed by atoms with Gasteiger partial charge in [0.1, 0.15) is 0 Å². The van der Waals surface area contributed by atoms with Crippen molar-refractivity contribution in [1.82, 2.24) is 4.57 Å². The van der Waals surface area contributed by atoms with E-state index in [1.807, 2.05) is 18.3 Å². The average Bonchev–Trinajstić information content (AvgIpc) is 2.95. The van der Waals surface area contributed by atoms with Gasteiger partial charge in [-0.1, -0.05) is 37.3 Å². The number of hydrogen-bond acceptors (Lipinski definition) is 2. The van der Waals surface area contributed by atoms with Gasteiger partial charge in [0.05, 0.1) is 17.8 Å². The highest BCUT2D eigenvalue weighted by molar-refractivity contribution is 5.87. The maximum atomic E-state index is 10.9. The van der Waals surface area contributed by atoms with E-state index in [1.54, 1.807) is 12.1 Å². The Morgan fingerprint density at radius 2 is 1.82 bits per heavy atom. The van der Waals surface area contributed by atoms with E-state index in [4.69, 9.17) is 5.11 Å². The summed E-state index contributed by atoms with van der Waals surface area (Å²) >= 11 is 0. The van der Waals surface area contributed by atoms with E-state index in [0.717, 1.165) is 17.5 Å². The number of aryl methyl sites for hydroxylation is 3. The van der Waals surface area contributed by atoms with Crippen LogP contribution in [0, 0.1) is 20.8 Å². The number of rotatable bonds is 6. The summed E-state index contributed by atoms with van der Waals surface area (Å²) < 4.78 is 2.32. The van der Waals surface area contributed by atoms with Crippen LogP contribution in [0.3, 0.4) is 0 Å². The van der Waals surface area contributed by atoms with Gasteiger partial charge in [0.2, 0.25) is 0 Å². The molecule has 4 nitrogen and oxygen atoms in total. The van der Waals surface area contributed by atoms with Gasteiger partial charge in [-0.25, -0.2) is 4.79 Å². The van der Waals surface area contributed by atoms with Crippen LogP contribution < -0.4 is 0 Å². The summed E-state index contributed by atoms with van der Waals surface area (Å²) in [7, 11) is 0. The number of carboxylic acids is 1. The maximum Gasteiger partial charge on any atom is 0.335 e. The fourth-order valence-electron chi connectivity index (χ4n) is 3.59. The van der Waals surface area contributed by atoms with Gasteiger partial charge in [-0.15, -0.1) is 0 Å². The standard InChI is InChI=1S/C24H26N2O2/c1-5-20-8-6-7-16(2)23(20)26-17(3)13-22(18(26)4)15-25-14-19-9-11-21(12-10-19)24(27)28/h6-13,15H,5,14H2,1-4H3,(H,27,28). The van der Waals surface area contributed by atoms with Gasteiger partial charge >= 0.3 is 5.97 Å². The van der Waals surface area contributed by atoms with Gasteiger partial charge in [-0.05, 0) is 62.1 Å². The Bertz CT molecular complexity index is 1030. The number of aromatic carboxylic acids is 1. The molecule has 0 aliphatic rings. The minimum Gasteiger partial charge on any atom is -0.478 e. The summed E-state index contributed by atoms with van der Waals surface area (Å²) in [6.07, 6.45) is 2.90. The van der Waals surface area contributed by atoms with E-state index in [1.165, 1.54) is 28.2 Å². The summed E-state index contributed by atoms with van der Waals surface area (Å²) in [6, 6.07) is 15.5. The molecule has 0 fully saturated rings. The van der Waals surface area contributed by atoms with E-state index < -0.39 is 5.97 Å². The third kappa shape index (κ3) is 3.91. The van der Waals surface area contributed by atoms with E-state index >= 15 is 0 Å². The Hall–Kier alpha value is -3.14. The van der Waals surface area contributed by atoms with Gasteiger partial charge in [-0.3, -0.25) is 4.99 Å². The Balaban J connectivity index is 1.86. The minimum absolute atomic E-state index is 0.293. The van der Waals surface area contributed by atoms with E-state index in [2.05, 4.69) is 61.5 Å². The molecular formula is C24H26N2O2.